The number of nitrogens with one attached hydrogen (secondary N) is 2. The van der Waals surface area contributed by atoms with Crippen LogP contribution in [0.5, 0.6) is 0 Å². The Balaban J connectivity index is 1.90. The largest absolute Gasteiger partial charge is 0.480 e. The summed E-state index contributed by atoms with van der Waals surface area (Å²) >= 11 is 0. The van der Waals surface area contributed by atoms with E-state index in [-0.39, 0.29) is 25.3 Å². The lowest BCUT2D eigenvalue weighted by molar-refractivity contribution is -0.141. The molecule has 2 amide bonds. The number of hydrogen-bond acceptors (Lipinski definition) is 5. The summed E-state index contributed by atoms with van der Waals surface area (Å²) < 4.78 is 10.6. The zero-order valence-electron chi connectivity index (χ0n) is 17.9. The predicted octanol–water partition coefficient (Wildman–Crippen LogP) is 3.11. The summed E-state index contributed by atoms with van der Waals surface area (Å²) in [6, 6.07) is 14.7. The van der Waals surface area contributed by atoms with Crippen molar-refractivity contribution in [3.05, 3.63) is 71.3 Å². The summed E-state index contributed by atoms with van der Waals surface area (Å²) in [7, 11) is 0. The van der Waals surface area contributed by atoms with Crippen LogP contribution in [-0.2, 0) is 27.4 Å². The number of carboxylic acids is 1. The van der Waals surface area contributed by atoms with E-state index in [0.29, 0.717) is 5.56 Å². The second-order valence-corrected chi connectivity index (χ2v) is 7.92. The van der Waals surface area contributed by atoms with Crippen LogP contribution in [0.15, 0.2) is 54.6 Å². The third kappa shape index (κ3) is 8.88. The van der Waals surface area contributed by atoms with Crippen molar-refractivity contribution < 1.29 is 29.0 Å². The minimum absolute atomic E-state index is 0.165. The van der Waals surface area contributed by atoms with E-state index in [4.69, 9.17) is 9.47 Å². The maximum Gasteiger partial charge on any atom is 0.407 e. The molecule has 0 aliphatic carbocycles. The molecule has 0 aliphatic heterocycles. The molecule has 1 atom stereocenters. The molecule has 0 saturated heterocycles. The fourth-order valence-electron chi connectivity index (χ4n) is 2.60. The molecule has 31 heavy (non-hydrogen) atoms. The lowest BCUT2D eigenvalue weighted by Crippen LogP contribution is -2.44. The third-order valence-electron chi connectivity index (χ3n) is 4.02. The lowest BCUT2D eigenvalue weighted by atomic mass is 10.1. The highest BCUT2D eigenvalue weighted by Gasteiger charge is 2.21. The van der Waals surface area contributed by atoms with Crippen LogP contribution in [0.2, 0.25) is 0 Å². The van der Waals surface area contributed by atoms with Gasteiger partial charge in [0.1, 0.15) is 5.60 Å². The minimum atomic E-state index is -1.19. The van der Waals surface area contributed by atoms with Gasteiger partial charge in [-0.2, -0.15) is 0 Å². The molecule has 8 heteroatoms. The van der Waals surface area contributed by atoms with Crippen molar-refractivity contribution in [3.63, 3.8) is 0 Å². The normalized spacial score (nSPS) is 12.0. The average molecular weight is 428 g/mol. The van der Waals surface area contributed by atoms with Crippen LogP contribution in [0.4, 0.5) is 4.79 Å². The van der Waals surface area contributed by atoms with Gasteiger partial charge >= 0.3 is 12.1 Å². The fraction of sp³-hybridized carbons (Fsp3) is 0.348. The quantitative estimate of drug-likeness (QED) is 0.566. The van der Waals surface area contributed by atoms with Gasteiger partial charge < -0.3 is 25.2 Å². The standard InChI is InChI=1S/C23H28N2O6/c1-23(2,3)31-22(29)24-13-17-10-7-11-18(12-17)20(26)25-19(21(27)28)15-30-14-16-8-5-4-6-9-16/h4-12,19H,13-15H2,1-3H3,(H,24,29)(H,25,26)(H,27,28)/t19-/m1/s1. The topological polar surface area (TPSA) is 114 Å². The number of carbonyl (C=O) groups is 3. The Bertz CT molecular complexity index is 892. The highest BCUT2D eigenvalue weighted by molar-refractivity contribution is 5.96. The number of hydrogen-bond donors (Lipinski definition) is 3. The maximum absolute atomic E-state index is 12.5. The number of carboxylic acid groups (broad SMARTS) is 1. The van der Waals surface area contributed by atoms with Crippen LogP contribution in [0.25, 0.3) is 0 Å². The number of aliphatic carboxylic acids is 1. The van der Waals surface area contributed by atoms with Crippen molar-refractivity contribution >= 4 is 18.0 Å². The van der Waals surface area contributed by atoms with E-state index in [1.54, 1.807) is 45.0 Å². The van der Waals surface area contributed by atoms with E-state index in [2.05, 4.69) is 10.6 Å². The lowest BCUT2D eigenvalue weighted by Gasteiger charge is -2.19. The Morgan fingerprint density at radius 3 is 2.32 bits per heavy atom. The van der Waals surface area contributed by atoms with Gasteiger partial charge in [0, 0.05) is 12.1 Å². The molecule has 0 spiro atoms. The molecule has 0 fully saturated rings. The second kappa shape index (κ2) is 11.1. The molecule has 166 valence electrons. The molecular weight excluding hydrogens is 400 g/mol. The zero-order chi connectivity index (χ0) is 22.9. The molecule has 8 nitrogen and oxygen atoms in total. The van der Waals surface area contributed by atoms with Gasteiger partial charge in [-0.15, -0.1) is 0 Å². The van der Waals surface area contributed by atoms with Crippen molar-refractivity contribution in [2.24, 2.45) is 0 Å². The Hall–Kier alpha value is -3.39. The average Bonchev–Trinajstić information content (AvgIpc) is 2.71. The van der Waals surface area contributed by atoms with E-state index in [0.717, 1.165) is 5.56 Å². The highest BCUT2D eigenvalue weighted by Crippen LogP contribution is 2.09. The molecule has 2 rings (SSSR count). The Morgan fingerprint density at radius 1 is 1.00 bits per heavy atom. The van der Waals surface area contributed by atoms with Gasteiger partial charge in [-0.3, -0.25) is 4.79 Å². The van der Waals surface area contributed by atoms with Crippen molar-refractivity contribution in [3.8, 4) is 0 Å². The number of rotatable bonds is 9. The first-order valence-corrected chi connectivity index (χ1v) is 9.85. The fourth-order valence-corrected chi connectivity index (χ4v) is 2.60. The molecule has 2 aromatic carbocycles. The van der Waals surface area contributed by atoms with E-state index in [1.807, 2.05) is 30.3 Å². The first-order chi connectivity index (χ1) is 14.6. The summed E-state index contributed by atoms with van der Waals surface area (Å²) in [4.78, 5) is 35.8. The smallest absolute Gasteiger partial charge is 0.407 e. The molecule has 0 radical (unpaired) electrons. The summed E-state index contributed by atoms with van der Waals surface area (Å²) in [5.41, 5.74) is 1.24. The molecule has 0 aliphatic rings. The van der Waals surface area contributed by atoms with Crippen LogP contribution in [0.3, 0.4) is 0 Å². The SMILES string of the molecule is CC(C)(C)OC(=O)NCc1cccc(C(=O)N[C@H](COCc2ccccc2)C(=O)O)c1. The van der Waals surface area contributed by atoms with Crippen LogP contribution >= 0.6 is 0 Å². The van der Waals surface area contributed by atoms with Gasteiger partial charge in [0.05, 0.1) is 13.2 Å². The Kier molecular flexibility index (Phi) is 8.57. The second-order valence-electron chi connectivity index (χ2n) is 7.92. The summed E-state index contributed by atoms with van der Waals surface area (Å²) in [6.07, 6.45) is -0.566. The van der Waals surface area contributed by atoms with Gasteiger partial charge in [0.2, 0.25) is 0 Å². The maximum atomic E-state index is 12.5. The van der Waals surface area contributed by atoms with E-state index < -0.39 is 29.6 Å². The number of benzene rings is 2. The molecule has 2 aromatic rings. The van der Waals surface area contributed by atoms with Crippen molar-refractivity contribution in [2.75, 3.05) is 6.61 Å². The van der Waals surface area contributed by atoms with Crippen molar-refractivity contribution in [1.29, 1.82) is 0 Å². The molecule has 0 saturated carbocycles. The van der Waals surface area contributed by atoms with E-state index in [1.165, 1.54) is 0 Å². The molecule has 3 N–H and O–H groups in total. The Morgan fingerprint density at radius 2 is 1.68 bits per heavy atom. The van der Waals surface area contributed by atoms with Gasteiger partial charge in [-0.1, -0.05) is 42.5 Å². The zero-order valence-corrected chi connectivity index (χ0v) is 17.9. The van der Waals surface area contributed by atoms with E-state index in [9.17, 15) is 19.5 Å². The molecule has 0 bridgehead atoms. The van der Waals surface area contributed by atoms with Crippen LogP contribution < -0.4 is 10.6 Å². The van der Waals surface area contributed by atoms with Crippen molar-refractivity contribution in [1.82, 2.24) is 10.6 Å². The summed E-state index contributed by atoms with van der Waals surface area (Å²) in [6.45, 7) is 5.53. The molecular formula is C23H28N2O6. The highest BCUT2D eigenvalue weighted by atomic mass is 16.6. The summed E-state index contributed by atoms with van der Waals surface area (Å²) in [5, 5.41) is 14.5. The first kappa shape index (κ1) is 23.9. The van der Waals surface area contributed by atoms with Crippen LogP contribution in [-0.4, -0.2) is 41.3 Å². The minimum Gasteiger partial charge on any atom is -0.480 e. The van der Waals surface area contributed by atoms with Gasteiger partial charge in [0.25, 0.3) is 5.91 Å². The Labute approximate surface area is 181 Å². The third-order valence-corrected chi connectivity index (χ3v) is 4.02. The number of ether oxygens (including phenoxy) is 2. The van der Waals surface area contributed by atoms with Gasteiger partial charge in [-0.25, -0.2) is 9.59 Å². The molecule has 0 heterocycles. The molecule has 0 unspecified atom stereocenters. The van der Waals surface area contributed by atoms with Crippen LogP contribution in [0, 0.1) is 0 Å². The van der Waals surface area contributed by atoms with Gasteiger partial charge in [-0.05, 0) is 44.0 Å². The number of alkyl carbamates (subject to hydrolysis) is 1. The number of carbonyl (C=O) groups excluding carboxylic acids is 2. The molecule has 0 aromatic heterocycles. The monoisotopic (exact) mass is 428 g/mol. The van der Waals surface area contributed by atoms with Gasteiger partial charge in [0.15, 0.2) is 6.04 Å². The van der Waals surface area contributed by atoms with Crippen LogP contribution in [0.1, 0.15) is 42.3 Å². The predicted molar refractivity (Wildman–Crippen MR) is 115 cm³/mol. The summed E-state index contributed by atoms with van der Waals surface area (Å²) in [5.74, 6) is -1.74. The van der Waals surface area contributed by atoms with Crippen molar-refractivity contribution in [2.45, 2.75) is 45.6 Å². The van der Waals surface area contributed by atoms with E-state index >= 15 is 0 Å². The first-order valence-electron chi connectivity index (χ1n) is 9.85. The number of amides is 2.